The fraction of sp³-hybridized carbons (Fsp3) is 0.462. The second-order valence-electron chi connectivity index (χ2n) is 5.03. The van der Waals surface area contributed by atoms with Crippen LogP contribution in [0.25, 0.3) is 5.65 Å². The molecule has 0 spiro atoms. The van der Waals surface area contributed by atoms with Crippen molar-refractivity contribution in [3.8, 4) is 0 Å². The number of fused-ring (bicyclic) bond motifs is 1. The maximum Gasteiger partial charge on any atom is 0.137 e. The van der Waals surface area contributed by atoms with Gasteiger partial charge in [-0.3, -0.25) is 0 Å². The molecule has 0 unspecified atom stereocenters. The van der Waals surface area contributed by atoms with Crippen LogP contribution in [-0.2, 0) is 6.54 Å². The molecular weight excluding hydrogens is 212 g/mol. The molecule has 0 radical (unpaired) electrons. The number of nitrogens with zero attached hydrogens (tertiary/aromatic N) is 3. The van der Waals surface area contributed by atoms with Gasteiger partial charge in [-0.15, -0.1) is 0 Å². The van der Waals surface area contributed by atoms with Gasteiger partial charge in [-0.25, -0.2) is 4.98 Å². The average molecular weight is 232 g/mol. The number of imidazole rings is 1. The van der Waals surface area contributed by atoms with Crippen molar-refractivity contribution in [1.82, 2.24) is 14.3 Å². The van der Waals surface area contributed by atoms with Crippen LogP contribution in [-0.4, -0.2) is 28.4 Å². The summed E-state index contributed by atoms with van der Waals surface area (Å²) in [6, 6.07) is 3.87. The van der Waals surface area contributed by atoms with Gasteiger partial charge in [-0.1, -0.05) is 13.8 Å². The van der Waals surface area contributed by atoms with E-state index in [4.69, 9.17) is 5.73 Å². The first-order chi connectivity index (χ1) is 7.99. The number of pyridine rings is 1. The van der Waals surface area contributed by atoms with Crippen LogP contribution in [0.5, 0.6) is 0 Å². The highest BCUT2D eigenvalue weighted by molar-refractivity contribution is 5.50. The Kier molecular flexibility index (Phi) is 3.07. The molecule has 92 valence electrons. The van der Waals surface area contributed by atoms with E-state index in [0.29, 0.717) is 5.92 Å². The van der Waals surface area contributed by atoms with E-state index in [1.54, 1.807) is 0 Å². The van der Waals surface area contributed by atoms with Crippen LogP contribution in [0, 0.1) is 0 Å². The fourth-order valence-electron chi connectivity index (χ4n) is 2.05. The molecule has 0 atom stereocenters. The number of anilines is 1. The minimum absolute atomic E-state index is 0.422. The zero-order chi connectivity index (χ0) is 12.6. The van der Waals surface area contributed by atoms with Crippen molar-refractivity contribution in [2.75, 3.05) is 19.8 Å². The maximum absolute atomic E-state index is 5.85. The van der Waals surface area contributed by atoms with E-state index >= 15 is 0 Å². The Hall–Kier alpha value is -1.55. The molecule has 4 nitrogen and oxygen atoms in total. The number of nitrogens with two attached hydrogens (primary N) is 1. The van der Waals surface area contributed by atoms with Gasteiger partial charge in [0, 0.05) is 18.4 Å². The lowest BCUT2D eigenvalue weighted by Gasteiger charge is -2.12. The van der Waals surface area contributed by atoms with E-state index < -0.39 is 0 Å². The molecule has 0 amide bonds. The number of rotatable bonds is 3. The molecule has 0 aliphatic rings. The molecule has 0 fully saturated rings. The van der Waals surface area contributed by atoms with Crippen molar-refractivity contribution in [3.05, 3.63) is 29.7 Å². The lowest BCUT2D eigenvalue weighted by Crippen LogP contribution is -2.14. The van der Waals surface area contributed by atoms with E-state index in [1.807, 2.05) is 18.3 Å². The van der Waals surface area contributed by atoms with Gasteiger partial charge in [-0.05, 0) is 32.1 Å². The highest BCUT2D eigenvalue weighted by atomic mass is 15.1. The Morgan fingerprint density at radius 2 is 2.06 bits per heavy atom. The summed E-state index contributed by atoms with van der Waals surface area (Å²) in [5.41, 5.74) is 9.97. The summed E-state index contributed by atoms with van der Waals surface area (Å²) in [7, 11) is 4.13. The van der Waals surface area contributed by atoms with E-state index in [0.717, 1.165) is 23.6 Å². The smallest absolute Gasteiger partial charge is 0.137 e. The molecule has 0 bridgehead atoms. The first-order valence-electron chi connectivity index (χ1n) is 5.90. The molecule has 2 N–H and O–H groups in total. The van der Waals surface area contributed by atoms with Crippen LogP contribution in [0.3, 0.4) is 0 Å². The Morgan fingerprint density at radius 1 is 1.35 bits per heavy atom. The Labute approximate surface area is 102 Å². The summed E-state index contributed by atoms with van der Waals surface area (Å²) in [5.74, 6) is 0.422. The normalized spacial score (nSPS) is 11.9. The summed E-state index contributed by atoms with van der Waals surface area (Å²) in [4.78, 5) is 6.84. The SMILES string of the molecule is CC(C)c1nc2ccc(N)cn2c1CN(C)C. The van der Waals surface area contributed by atoms with E-state index in [2.05, 4.69) is 42.2 Å². The largest absolute Gasteiger partial charge is 0.398 e. The van der Waals surface area contributed by atoms with E-state index in [1.165, 1.54) is 5.69 Å². The standard InChI is InChI=1S/C13H20N4/c1-9(2)13-11(8-16(3)4)17-7-10(14)5-6-12(17)15-13/h5-7,9H,8,14H2,1-4H3. The number of nitrogen functional groups attached to an aromatic ring is 1. The van der Waals surface area contributed by atoms with Crippen molar-refractivity contribution in [2.24, 2.45) is 0 Å². The topological polar surface area (TPSA) is 46.6 Å². The summed E-state index contributed by atoms with van der Waals surface area (Å²) in [6.07, 6.45) is 1.95. The molecule has 2 rings (SSSR count). The number of hydrogen-bond donors (Lipinski definition) is 1. The lowest BCUT2D eigenvalue weighted by molar-refractivity contribution is 0.393. The molecule has 2 aromatic rings. The summed E-state index contributed by atoms with van der Waals surface area (Å²) >= 11 is 0. The molecule has 0 aliphatic heterocycles. The van der Waals surface area contributed by atoms with Gasteiger partial charge in [0.05, 0.1) is 11.4 Å². The zero-order valence-corrected chi connectivity index (χ0v) is 10.9. The molecular formula is C13H20N4. The van der Waals surface area contributed by atoms with Crippen LogP contribution in [0.1, 0.15) is 31.2 Å². The third kappa shape index (κ3) is 2.26. The van der Waals surface area contributed by atoms with Crippen molar-refractivity contribution in [1.29, 1.82) is 0 Å². The molecule has 0 saturated carbocycles. The maximum atomic E-state index is 5.85. The number of hydrogen-bond acceptors (Lipinski definition) is 3. The molecule has 2 aromatic heterocycles. The summed E-state index contributed by atoms with van der Waals surface area (Å²) in [6.45, 7) is 5.21. The Bertz CT molecular complexity index is 525. The van der Waals surface area contributed by atoms with Crippen LogP contribution < -0.4 is 5.73 Å². The lowest BCUT2D eigenvalue weighted by atomic mass is 10.1. The third-order valence-electron chi connectivity index (χ3n) is 2.78. The Morgan fingerprint density at radius 3 is 2.65 bits per heavy atom. The van der Waals surface area contributed by atoms with E-state index in [-0.39, 0.29) is 0 Å². The minimum Gasteiger partial charge on any atom is -0.398 e. The predicted octanol–water partition coefficient (Wildman–Crippen LogP) is 2.10. The molecule has 0 saturated heterocycles. The molecule has 17 heavy (non-hydrogen) atoms. The average Bonchev–Trinajstić information content (AvgIpc) is 2.56. The van der Waals surface area contributed by atoms with Crippen LogP contribution >= 0.6 is 0 Å². The highest BCUT2D eigenvalue weighted by Crippen LogP contribution is 2.22. The molecule has 0 aromatic carbocycles. The molecule has 2 heterocycles. The van der Waals surface area contributed by atoms with Crippen molar-refractivity contribution in [2.45, 2.75) is 26.3 Å². The molecule has 0 aliphatic carbocycles. The van der Waals surface area contributed by atoms with Gasteiger partial charge in [0.2, 0.25) is 0 Å². The first kappa shape index (κ1) is 11.9. The van der Waals surface area contributed by atoms with Crippen molar-refractivity contribution >= 4 is 11.3 Å². The van der Waals surface area contributed by atoms with Gasteiger partial charge in [0.1, 0.15) is 5.65 Å². The van der Waals surface area contributed by atoms with Gasteiger partial charge >= 0.3 is 0 Å². The fourth-order valence-corrected chi connectivity index (χ4v) is 2.05. The zero-order valence-electron chi connectivity index (χ0n) is 10.9. The molecule has 4 heteroatoms. The summed E-state index contributed by atoms with van der Waals surface area (Å²) in [5, 5.41) is 0. The van der Waals surface area contributed by atoms with Crippen LogP contribution in [0.2, 0.25) is 0 Å². The van der Waals surface area contributed by atoms with Crippen LogP contribution in [0.4, 0.5) is 5.69 Å². The highest BCUT2D eigenvalue weighted by Gasteiger charge is 2.15. The van der Waals surface area contributed by atoms with Gasteiger partial charge in [0.15, 0.2) is 0 Å². The van der Waals surface area contributed by atoms with Crippen LogP contribution in [0.15, 0.2) is 18.3 Å². The number of aromatic nitrogens is 2. The monoisotopic (exact) mass is 232 g/mol. The first-order valence-corrected chi connectivity index (χ1v) is 5.90. The van der Waals surface area contributed by atoms with Crippen molar-refractivity contribution < 1.29 is 0 Å². The van der Waals surface area contributed by atoms with Gasteiger partial charge < -0.3 is 15.0 Å². The quantitative estimate of drug-likeness (QED) is 0.881. The second-order valence-corrected chi connectivity index (χ2v) is 5.03. The van der Waals surface area contributed by atoms with E-state index in [9.17, 15) is 0 Å². The minimum atomic E-state index is 0.422. The second kappa shape index (κ2) is 4.37. The summed E-state index contributed by atoms with van der Waals surface area (Å²) < 4.78 is 2.10. The van der Waals surface area contributed by atoms with Gasteiger partial charge in [0.25, 0.3) is 0 Å². The van der Waals surface area contributed by atoms with Crippen molar-refractivity contribution in [3.63, 3.8) is 0 Å². The Balaban J connectivity index is 2.64. The predicted molar refractivity (Wildman–Crippen MR) is 71.1 cm³/mol. The third-order valence-corrected chi connectivity index (χ3v) is 2.78. The van der Waals surface area contributed by atoms with Gasteiger partial charge in [-0.2, -0.15) is 0 Å².